The van der Waals surface area contributed by atoms with Crippen molar-refractivity contribution >= 4 is 15.9 Å². The van der Waals surface area contributed by atoms with E-state index in [1.165, 1.54) is 13.2 Å². The quantitative estimate of drug-likeness (QED) is 0.904. The van der Waals surface area contributed by atoms with Crippen LogP contribution in [0.2, 0.25) is 0 Å². The highest BCUT2D eigenvalue weighted by Crippen LogP contribution is 2.42. The van der Waals surface area contributed by atoms with Crippen molar-refractivity contribution in [2.45, 2.75) is 25.6 Å². The van der Waals surface area contributed by atoms with Crippen LogP contribution in [0.3, 0.4) is 0 Å². The first-order valence-corrected chi connectivity index (χ1v) is 5.60. The van der Waals surface area contributed by atoms with E-state index in [1.807, 2.05) is 0 Å². The fourth-order valence-corrected chi connectivity index (χ4v) is 2.01. The molecule has 0 amide bonds. The molecule has 17 heavy (non-hydrogen) atoms. The van der Waals surface area contributed by atoms with Crippen molar-refractivity contribution < 1.29 is 17.9 Å². The zero-order valence-electron chi connectivity index (χ0n) is 9.65. The smallest absolute Gasteiger partial charge is 0.420 e. The van der Waals surface area contributed by atoms with Gasteiger partial charge in [0.15, 0.2) is 0 Å². The number of benzene rings is 1. The Bertz CT molecular complexity index is 424. The molecule has 0 heterocycles. The fraction of sp³-hybridized carbons (Fsp3) is 0.455. The predicted octanol–water partition coefficient (Wildman–Crippen LogP) is 3.67. The summed E-state index contributed by atoms with van der Waals surface area (Å²) in [5.74, 6) is -0.231. The van der Waals surface area contributed by atoms with Crippen LogP contribution in [0.25, 0.3) is 0 Å². The van der Waals surface area contributed by atoms with Crippen molar-refractivity contribution in [2.75, 3.05) is 7.11 Å². The van der Waals surface area contributed by atoms with Gasteiger partial charge in [-0.3, -0.25) is 0 Å². The van der Waals surface area contributed by atoms with E-state index in [4.69, 9.17) is 10.5 Å². The first-order chi connectivity index (χ1) is 7.57. The van der Waals surface area contributed by atoms with Crippen LogP contribution in [0.4, 0.5) is 13.2 Å². The third kappa shape index (κ3) is 3.13. The van der Waals surface area contributed by atoms with Crippen molar-refractivity contribution in [2.24, 2.45) is 5.73 Å². The van der Waals surface area contributed by atoms with Gasteiger partial charge >= 0.3 is 6.18 Å². The largest absolute Gasteiger partial charge is 0.495 e. The van der Waals surface area contributed by atoms with Gasteiger partial charge in [0.1, 0.15) is 5.75 Å². The summed E-state index contributed by atoms with van der Waals surface area (Å²) in [4.78, 5) is 0. The molecule has 1 rings (SSSR count). The molecule has 0 saturated heterocycles. The van der Waals surface area contributed by atoms with Crippen LogP contribution in [-0.4, -0.2) is 7.11 Å². The molecule has 0 aliphatic rings. The molecule has 0 aliphatic carbocycles. The molecule has 1 aromatic carbocycles. The molecule has 0 bridgehead atoms. The van der Waals surface area contributed by atoms with Crippen LogP contribution >= 0.6 is 15.9 Å². The van der Waals surface area contributed by atoms with Crippen LogP contribution < -0.4 is 10.5 Å². The van der Waals surface area contributed by atoms with E-state index in [0.717, 1.165) is 6.07 Å². The molecule has 2 N–H and O–H groups in total. The Hall–Kier alpha value is -0.750. The maximum atomic E-state index is 12.8. The summed E-state index contributed by atoms with van der Waals surface area (Å²) in [7, 11) is 1.20. The number of hydrogen-bond acceptors (Lipinski definition) is 2. The maximum absolute atomic E-state index is 12.8. The summed E-state index contributed by atoms with van der Waals surface area (Å²) >= 11 is 3.06. The monoisotopic (exact) mass is 311 g/mol. The van der Waals surface area contributed by atoms with Gasteiger partial charge in [0.25, 0.3) is 0 Å². The summed E-state index contributed by atoms with van der Waals surface area (Å²) in [5, 5.41) is 0. The molecule has 0 saturated carbocycles. The van der Waals surface area contributed by atoms with Crippen molar-refractivity contribution in [3.8, 4) is 5.75 Å². The summed E-state index contributed by atoms with van der Waals surface area (Å²) in [6.07, 6.45) is -4.48. The summed E-state index contributed by atoms with van der Waals surface area (Å²) in [6, 6.07) is 2.55. The lowest BCUT2D eigenvalue weighted by atomic mass is 9.93. The minimum atomic E-state index is -4.48. The molecule has 0 unspecified atom stereocenters. The van der Waals surface area contributed by atoms with Crippen molar-refractivity contribution in [3.63, 3.8) is 0 Å². The molecule has 0 spiro atoms. The molecule has 96 valence electrons. The Labute approximate surface area is 106 Å². The van der Waals surface area contributed by atoms with Gasteiger partial charge in [-0.15, -0.1) is 0 Å². The first kappa shape index (κ1) is 14.3. The van der Waals surface area contributed by atoms with Gasteiger partial charge in [-0.25, -0.2) is 0 Å². The van der Waals surface area contributed by atoms with Crippen LogP contribution in [0.1, 0.15) is 25.0 Å². The lowest BCUT2D eigenvalue weighted by Crippen LogP contribution is -2.29. The van der Waals surface area contributed by atoms with E-state index in [1.54, 1.807) is 13.8 Å². The Morgan fingerprint density at radius 3 is 2.12 bits per heavy atom. The Morgan fingerprint density at radius 2 is 1.76 bits per heavy atom. The zero-order chi connectivity index (χ0) is 13.4. The Kier molecular flexibility index (Phi) is 3.78. The first-order valence-electron chi connectivity index (χ1n) is 4.81. The number of hydrogen-bond donors (Lipinski definition) is 1. The molecule has 1 aromatic rings. The maximum Gasteiger partial charge on any atom is 0.420 e. The predicted molar refractivity (Wildman–Crippen MR) is 62.9 cm³/mol. The van der Waals surface area contributed by atoms with Gasteiger partial charge in [-0.2, -0.15) is 13.2 Å². The van der Waals surface area contributed by atoms with Crippen molar-refractivity contribution in [3.05, 3.63) is 27.7 Å². The average molecular weight is 312 g/mol. The molecule has 2 nitrogen and oxygen atoms in total. The molecular weight excluding hydrogens is 299 g/mol. The molecule has 0 atom stereocenters. The average Bonchev–Trinajstić information content (AvgIpc) is 2.13. The number of nitrogens with two attached hydrogens (primary N) is 1. The Morgan fingerprint density at radius 1 is 1.24 bits per heavy atom. The summed E-state index contributed by atoms with van der Waals surface area (Å²) in [6.45, 7) is 3.28. The van der Waals surface area contributed by atoms with Gasteiger partial charge in [0, 0.05) is 5.54 Å². The number of halogens is 4. The minimum absolute atomic E-state index is 0.231. The van der Waals surface area contributed by atoms with Crippen LogP contribution in [-0.2, 0) is 11.7 Å². The van der Waals surface area contributed by atoms with Crippen molar-refractivity contribution in [1.82, 2.24) is 0 Å². The highest BCUT2D eigenvalue weighted by Gasteiger charge is 2.36. The van der Waals surface area contributed by atoms with E-state index in [0.29, 0.717) is 5.56 Å². The molecule has 0 aliphatic heterocycles. The number of rotatable bonds is 2. The molecule has 0 fully saturated rings. The molecular formula is C11H13BrF3NO. The molecule has 6 heteroatoms. The van der Waals surface area contributed by atoms with Gasteiger partial charge in [-0.05, 0) is 47.5 Å². The van der Waals surface area contributed by atoms with Gasteiger partial charge in [-0.1, -0.05) is 0 Å². The number of ether oxygens (including phenoxy) is 1. The van der Waals surface area contributed by atoms with Gasteiger partial charge in [0.05, 0.1) is 17.1 Å². The summed E-state index contributed by atoms with van der Waals surface area (Å²) < 4.78 is 43.5. The van der Waals surface area contributed by atoms with Gasteiger partial charge in [0.2, 0.25) is 0 Å². The zero-order valence-corrected chi connectivity index (χ0v) is 11.2. The van der Waals surface area contributed by atoms with E-state index >= 15 is 0 Å². The highest BCUT2D eigenvalue weighted by atomic mass is 79.9. The van der Waals surface area contributed by atoms with E-state index in [2.05, 4.69) is 15.9 Å². The number of alkyl halides is 3. The molecule has 0 radical (unpaired) electrons. The minimum Gasteiger partial charge on any atom is -0.495 e. The van der Waals surface area contributed by atoms with Crippen molar-refractivity contribution in [1.29, 1.82) is 0 Å². The second-order valence-electron chi connectivity index (χ2n) is 4.26. The van der Waals surface area contributed by atoms with E-state index in [9.17, 15) is 13.2 Å². The second-order valence-corrected chi connectivity index (χ2v) is 5.11. The molecule has 0 aromatic heterocycles. The summed E-state index contributed by atoms with van der Waals surface area (Å²) in [5.41, 5.74) is 4.50. The lowest BCUT2D eigenvalue weighted by molar-refractivity contribution is -0.138. The van der Waals surface area contributed by atoms with Crippen LogP contribution in [0, 0.1) is 0 Å². The normalized spacial score (nSPS) is 12.7. The van der Waals surface area contributed by atoms with Gasteiger partial charge < -0.3 is 10.5 Å². The fourth-order valence-electron chi connectivity index (χ4n) is 1.38. The lowest BCUT2D eigenvalue weighted by Gasteiger charge is -2.23. The Balaban J connectivity index is 3.51. The van der Waals surface area contributed by atoms with Crippen LogP contribution in [0.15, 0.2) is 16.6 Å². The number of methoxy groups -OCH3 is 1. The SMILES string of the molecule is COc1c(Br)cc(C(C)(C)N)cc1C(F)(F)F. The van der Waals surface area contributed by atoms with E-state index in [-0.39, 0.29) is 10.2 Å². The van der Waals surface area contributed by atoms with Crippen LogP contribution in [0.5, 0.6) is 5.75 Å². The topological polar surface area (TPSA) is 35.2 Å². The standard InChI is InChI=1S/C11H13BrF3NO/c1-10(2,16)6-4-7(11(13,14)15)9(17-3)8(12)5-6/h4-5H,16H2,1-3H3. The highest BCUT2D eigenvalue weighted by molar-refractivity contribution is 9.10. The third-order valence-electron chi connectivity index (χ3n) is 2.30. The second kappa shape index (κ2) is 4.49. The van der Waals surface area contributed by atoms with E-state index < -0.39 is 17.3 Å². The third-order valence-corrected chi connectivity index (χ3v) is 2.89.